The van der Waals surface area contributed by atoms with E-state index in [9.17, 15) is 8.78 Å². The Morgan fingerprint density at radius 2 is 1.94 bits per heavy atom. The van der Waals surface area contributed by atoms with E-state index in [0.717, 1.165) is 80.1 Å². The van der Waals surface area contributed by atoms with E-state index in [1.165, 1.54) is 31.2 Å². The standard InChI is InChI=1S/C24H31F2N3O2/c25-24(26)31-22-13-18-20(14-21(22)30-12-4-11-29-9-1-2-10-29)28-19-6-3-5-17(19)23(18)27-15-16-7-8-16/h13-14,16,24H,1-12,15H2,(H,27,28). The molecule has 0 radical (unpaired) electrons. The van der Waals surface area contributed by atoms with Gasteiger partial charge in [-0.1, -0.05) is 0 Å². The Morgan fingerprint density at radius 1 is 1.10 bits per heavy atom. The maximum atomic E-state index is 13.2. The number of nitrogens with zero attached hydrogens (tertiary/aromatic N) is 2. The molecule has 7 heteroatoms. The van der Waals surface area contributed by atoms with E-state index < -0.39 is 6.61 Å². The first-order valence-corrected chi connectivity index (χ1v) is 11.7. The molecular formula is C24H31F2N3O2. The number of nitrogens with one attached hydrogen (secondary N) is 1. The Kier molecular flexibility index (Phi) is 6.12. The summed E-state index contributed by atoms with van der Waals surface area (Å²) in [6.45, 7) is 1.75. The number of likely N-dealkylation sites (tertiary alicyclic amines) is 1. The Morgan fingerprint density at radius 3 is 2.71 bits per heavy atom. The second-order valence-corrected chi connectivity index (χ2v) is 9.04. The molecule has 1 aromatic carbocycles. The Hall–Kier alpha value is -2.15. The first-order chi connectivity index (χ1) is 15.2. The number of ether oxygens (including phenoxy) is 2. The first kappa shape index (κ1) is 20.7. The average Bonchev–Trinajstić information content (AvgIpc) is 3.21. The van der Waals surface area contributed by atoms with Crippen LogP contribution in [0.5, 0.6) is 11.5 Å². The number of rotatable bonds is 10. The number of halogens is 2. The minimum Gasteiger partial charge on any atom is -0.490 e. The molecule has 0 amide bonds. The number of aryl methyl sites for hydroxylation is 1. The summed E-state index contributed by atoms with van der Waals surface area (Å²) in [6.07, 6.45) is 8.90. The summed E-state index contributed by atoms with van der Waals surface area (Å²) in [6, 6.07) is 3.47. The van der Waals surface area contributed by atoms with Crippen molar-refractivity contribution in [2.24, 2.45) is 5.92 Å². The van der Waals surface area contributed by atoms with Gasteiger partial charge in [-0.25, -0.2) is 0 Å². The lowest BCUT2D eigenvalue weighted by molar-refractivity contribution is -0.0514. The van der Waals surface area contributed by atoms with E-state index in [0.29, 0.717) is 12.4 Å². The molecular weight excluding hydrogens is 400 g/mol. The Bertz CT molecular complexity index is 927. The minimum absolute atomic E-state index is 0.0953. The van der Waals surface area contributed by atoms with Crippen molar-refractivity contribution < 1.29 is 18.3 Å². The molecule has 1 saturated carbocycles. The summed E-state index contributed by atoms with van der Waals surface area (Å²) in [4.78, 5) is 7.28. The SMILES string of the molecule is FC(F)Oc1cc2c(NCC3CC3)c3c(nc2cc1OCCCN1CCCC1)CCC3. The third-order valence-corrected chi connectivity index (χ3v) is 6.63. The van der Waals surface area contributed by atoms with Gasteiger partial charge in [-0.3, -0.25) is 4.98 Å². The number of fused-ring (bicyclic) bond motifs is 2. The molecule has 5 nitrogen and oxygen atoms in total. The van der Waals surface area contributed by atoms with Crippen molar-refractivity contribution in [3.8, 4) is 11.5 Å². The third kappa shape index (κ3) is 4.86. The van der Waals surface area contributed by atoms with Gasteiger partial charge in [0.25, 0.3) is 0 Å². The fraction of sp³-hybridized carbons (Fsp3) is 0.625. The van der Waals surface area contributed by atoms with Crippen LogP contribution in [0.3, 0.4) is 0 Å². The molecule has 2 fully saturated rings. The first-order valence-electron chi connectivity index (χ1n) is 11.7. The van der Waals surface area contributed by atoms with Crippen molar-refractivity contribution in [3.05, 3.63) is 23.4 Å². The van der Waals surface area contributed by atoms with Gasteiger partial charge in [0.05, 0.1) is 12.1 Å². The van der Waals surface area contributed by atoms with Crippen LogP contribution in [0.25, 0.3) is 10.9 Å². The fourth-order valence-corrected chi connectivity index (χ4v) is 4.82. The highest BCUT2D eigenvalue weighted by molar-refractivity contribution is 5.96. The molecule has 168 valence electrons. The van der Waals surface area contributed by atoms with Crippen LogP contribution >= 0.6 is 0 Å². The molecule has 2 aliphatic carbocycles. The maximum Gasteiger partial charge on any atom is 0.387 e. The summed E-state index contributed by atoms with van der Waals surface area (Å²) < 4.78 is 37.1. The Labute approximate surface area is 182 Å². The number of aromatic nitrogens is 1. The number of alkyl halides is 2. The molecule has 1 aliphatic heterocycles. The van der Waals surface area contributed by atoms with E-state index in [1.54, 1.807) is 12.1 Å². The predicted octanol–water partition coefficient (Wildman–Crippen LogP) is 5.01. The molecule has 2 heterocycles. The van der Waals surface area contributed by atoms with Crippen molar-refractivity contribution in [1.29, 1.82) is 0 Å². The van der Waals surface area contributed by atoms with Crippen LogP contribution in [0.2, 0.25) is 0 Å². The normalized spacial score (nSPS) is 18.7. The smallest absolute Gasteiger partial charge is 0.387 e. The summed E-state index contributed by atoms with van der Waals surface area (Å²) >= 11 is 0. The molecule has 5 rings (SSSR count). The third-order valence-electron chi connectivity index (χ3n) is 6.63. The molecule has 0 atom stereocenters. The zero-order chi connectivity index (χ0) is 21.2. The molecule has 1 aromatic heterocycles. The molecule has 1 N–H and O–H groups in total. The number of benzene rings is 1. The van der Waals surface area contributed by atoms with Crippen molar-refractivity contribution in [2.45, 2.75) is 58.0 Å². The van der Waals surface area contributed by atoms with E-state index in [-0.39, 0.29) is 5.75 Å². The fourth-order valence-electron chi connectivity index (χ4n) is 4.82. The largest absolute Gasteiger partial charge is 0.490 e. The molecule has 0 unspecified atom stereocenters. The number of hydrogen-bond acceptors (Lipinski definition) is 5. The topological polar surface area (TPSA) is 46.6 Å². The van der Waals surface area contributed by atoms with Crippen LogP contribution < -0.4 is 14.8 Å². The maximum absolute atomic E-state index is 13.2. The van der Waals surface area contributed by atoms with Crippen LogP contribution in [0.15, 0.2) is 12.1 Å². The van der Waals surface area contributed by atoms with Crippen LogP contribution in [-0.2, 0) is 12.8 Å². The zero-order valence-electron chi connectivity index (χ0n) is 18.0. The average molecular weight is 432 g/mol. The summed E-state index contributed by atoms with van der Waals surface area (Å²) in [5, 5.41) is 4.45. The quantitative estimate of drug-likeness (QED) is 0.536. The number of hydrogen-bond donors (Lipinski definition) is 1. The van der Waals surface area contributed by atoms with Gasteiger partial charge in [0.2, 0.25) is 0 Å². The lowest BCUT2D eigenvalue weighted by Gasteiger charge is -2.18. The molecule has 31 heavy (non-hydrogen) atoms. The second kappa shape index (κ2) is 9.15. The van der Waals surface area contributed by atoms with Gasteiger partial charge in [-0.2, -0.15) is 8.78 Å². The molecule has 3 aliphatic rings. The van der Waals surface area contributed by atoms with E-state index in [2.05, 4.69) is 10.2 Å². The van der Waals surface area contributed by atoms with E-state index in [4.69, 9.17) is 14.5 Å². The van der Waals surface area contributed by atoms with Gasteiger partial charge in [-0.15, -0.1) is 0 Å². The van der Waals surface area contributed by atoms with Gasteiger partial charge in [-0.05, 0) is 82.0 Å². The highest BCUT2D eigenvalue weighted by Gasteiger charge is 2.25. The van der Waals surface area contributed by atoms with Crippen LogP contribution in [0.1, 0.15) is 49.8 Å². The summed E-state index contributed by atoms with van der Waals surface area (Å²) in [7, 11) is 0. The van der Waals surface area contributed by atoms with Gasteiger partial charge >= 0.3 is 6.61 Å². The zero-order valence-corrected chi connectivity index (χ0v) is 18.0. The van der Waals surface area contributed by atoms with Crippen LogP contribution in [-0.4, -0.2) is 49.3 Å². The minimum atomic E-state index is -2.89. The van der Waals surface area contributed by atoms with Gasteiger partial charge in [0.15, 0.2) is 11.5 Å². The van der Waals surface area contributed by atoms with Gasteiger partial charge < -0.3 is 19.7 Å². The van der Waals surface area contributed by atoms with Crippen molar-refractivity contribution >= 4 is 16.6 Å². The molecule has 0 bridgehead atoms. The lowest BCUT2D eigenvalue weighted by atomic mass is 10.1. The van der Waals surface area contributed by atoms with Crippen molar-refractivity contribution in [1.82, 2.24) is 9.88 Å². The van der Waals surface area contributed by atoms with Crippen molar-refractivity contribution in [2.75, 3.05) is 38.1 Å². The molecule has 0 spiro atoms. The van der Waals surface area contributed by atoms with Gasteiger partial charge in [0.1, 0.15) is 0 Å². The highest BCUT2D eigenvalue weighted by Crippen LogP contribution is 2.41. The number of anilines is 1. The lowest BCUT2D eigenvalue weighted by Crippen LogP contribution is -2.22. The second-order valence-electron chi connectivity index (χ2n) is 9.04. The van der Waals surface area contributed by atoms with Gasteiger partial charge in [0, 0.05) is 35.9 Å². The van der Waals surface area contributed by atoms with Crippen LogP contribution in [0, 0.1) is 5.92 Å². The molecule has 1 saturated heterocycles. The van der Waals surface area contributed by atoms with Crippen molar-refractivity contribution in [3.63, 3.8) is 0 Å². The Balaban J connectivity index is 1.41. The summed E-state index contributed by atoms with van der Waals surface area (Å²) in [5.74, 6) is 1.17. The molecule has 2 aromatic rings. The predicted molar refractivity (Wildman–Crippen MR) is 117 cm³/mol. The number of pyridine rings is 1. The highest BCUT2D eigenvalue weighted by atomic mass is 19.3. The summed E-state index contributed by atoms with van der Waals surface area (Å²) in [5.41, 5.74) is 4.18. The van der Waals surface area contributed by atoms with Crippen LogP contribution in [0.4, 0.5) is 14.5 Å². The monoisotopic (exact) mass is 431 g/mol. The van der Waals surface area contributed by atoms with E-state index in [1.807, 2.05) is 0 Å². The van der Waals surface area contributed by atoms with E-state index >= 15 is 0 Å².